The van der Waals surface area contributed by atoms with Gasteiger partial charge in [-0.15, -0.1) is 6.58 Å². The van der Waals surface area contributed by atoms with E-state index in [0.29, 0.717) is 19.4 Å². The fraction of sp³-hybridized carbons (Fsp3) is 0.926. The summed E-state index contributed by atoms with van der Waals surface area (Å²) in [6, 6.07) is 0. The average molecular weight is 494 g/mol. The van der Waals surface area contributed by atoms with Crippen molar-refractivity contribution in [2.75, 3.05) is 6.54 Å². The first kappa shape index (κ1) is 34.7. The molecule has 6 heteroatoms. The van der Waals surface area contributed by atoms with Crippen LogP contribution < -0.4 is 5.73 Å². The minimum absolute atomic E-state index is 0.0718. The monoisotopic (exact) mass is 493 g/mol. The van der Waals surface area contributed by atoms with Crippen LogP contribution in [0.25, 0.3) is 0 Å². The first-order valence-electron chi connectivity index (χ1n) is 13.8. The minimum atomic E-state index is -4.64. The maximum atomic E-state index is 14.8. The Morgan fingerprint density at radius 3 is 1.15 bits per heavy atom. The highest BCUT2D eigenvalue weighted by Gasteiger charge is 2.42. The second-order valence-electron chi connectivity index (χ2n) is 9.39. The van der Waals surface area contributed by atoms with Crippen LogP contribution in [0.3, 0.4) is 0 Å². The van der Waals surface area contributed by atoms with Crippen LogP contribution in [0.2, 0.25) is 0 Å². The summed E-state index contributed by atoms with van der Waals surface area (Å²) in [6.07, 6.45) is 22.9. The first-order chi connectivity index (χ1) is 15.8. The van der Waals surface area contributed by atoms with Crippen molar-refractivity contribution in [2.24, 2.45) is 5.73 Å². The largest absolute Gasteiger partial charge is 0.327 e. The molecule has 0 rings (SSSR count). The van der Waals surface area contributed by atoms with Crippen LogP contribution in [-0.2, 0) is 10.1 Å². The van der Waals surface area contributed by atoms with Crippen LogP contribution in [-0.4, -0.2) is 24.5 Å². The predicted octanol–water partition coefficient (Wildman–Crippen LogP) is 8.90. The molecule has 0 fully saturated rings. The van der Waals surface area contributed by atoms with E-state index in [1.165, 1.54) is 64.2 Å². The SMILES string of the molecule is C=CCN.CCCCCCCCCCCCCCCCC(F)(CCCCCCC)S(=O)(=O)O. The van der Waals surface area contributed by atoms with Gasteiger partial charge in [0.05, 0.1) is 0 Å². The highest BCUT2D eigenvalue weighted by atomic mass is 32.2. The fourth-order valence-corrected chi connectivity index (χ4v) is 4.76. The Morgan fingerprint density at radius 1 is 0.697 bits per heavy atom. The van der Waals surface area contributed by atoms with Gasteiger partial charge in [-0.1, -0.05) is 129 Å². The lowest BCUT2D eigenvalue weighted by molar-refractivity contribution is 0.203. The Morgan fingerprint density at radius 2 is 0.939 bits per heavy atom. The molecule has 0 aromatic heterocycles. The van der Waals surface area contributed by atoms with E-state index in [0.717, 1.165) is 44.9 Å². The fourth-order valence-electron chi connectivity index (χ4n) is 3.96. The van der Waals surface area contributed by atoms with Crippen LogP contribution in [0.15, 0.2) is 12.7 Å². The molecule has 200 valence electrons. The third-order valence-electron chi connectivity index (χ3n) is 6.19. The molecule has 0 aromatic rings. The highest BCUT2D eigenvalue weighted by molar-refractivity contribution is 7.87. The summed E-state index contributed by atoms with van der Waals surface area (Å²) in [6.45, 7) is 8.29. The van der Waals surface area contributed by atoms with E-state index in [-0.39, 0.29) is 12.8 Å². The Balaban J connectivity index is 0. The second-order valence-corrected chi connectivity index (χ2v) is 11.1. The highest BCUT2D eigenvalue weighted by Crippen LogP contribution is 2.32. The average Bonchev–Trinajstić information content (AvgIpc) is 2.78. The number of nitrogens with two attached hydrogens (primary N) is 1. The van der Waals surface area contributed by atoms with E-state index >= 15 is 0 Å². The summed E-state index contributed by atoms with van der Waals surface area (Å²) in [5.74, 6) is 0. The maximum absolute atomic E-state index is 14.8. The molecule has 33 heavy (non-hydrogen) atoms. The van der Waals surface area contributed by atoms with Crippen LogP contribution >= 0.6 is 0 Å². The van der Waals surface area contributed by atoms with E-state index in [1.54, 1.807) is 6.08 Å². The summed E-state index contributed by atoms with van der Waals surface area (Å²) in [4.78, 5) is 0. The number of hydrogen-bond acceptors (Lipinski definition) is 3. The van der Waals surface area contributed by atoms with Crippen molar-refractivity contribution in [3.63, 3.8) is 0 Å². The summed E-state index contributed by atoms with van der Waals surface area (Å²) in [7, 11) is -4.64. The molecule has 0 amide bonds. The molecule has 0 aromatic carbocycles. The van der Waals surface area contributed by atoms with Crippen LogP contribution in [0.1, 0.15) is 149 Å². The summed E-state index contributed by atoms with van der Waals surface area (Å²) in [5.41, 5.74) is 4.91. The molecule has 0 saturated heterocycles. The van der Waals surface area contributed by atoms with Gasteiger partial charge >= 0.3 is 0 Å². The molecule has 0 aliphatic heterocycles. The molecule has 0 aliphatic rings. The first-order valence-corrected chi connectivity index (χ1v) is 15.2. The smallest absolute Gasteiger partial charge is 0.300 e. The zero-order valence-corrected chi connectivity index (χ0v) is 22.8. The molecular weight excluding hydrogens is 437 g/mol. The van der Waals surface area contributed by atoms with E-state index in [4.69, 9.17) is 5.73 Å². The maximum Gasteiger partial charge on any atom is 0.300 e. The molecule has 0 heterocycles. The predicted molar refractivity (Wildman–Crippen MR) is 143 cm³/mol. The molecule has 0 aliphatic carbocycles. The summed E-state index contributed by atoms with van der Waals surface area (Å²) >= 11 is 0. The lowest BCUT2D eigenvalue weighted by Gasteiger charge is -2.22. The number of alkyl halides is 1. The van der Waals surface area contributed by atoms with E-state index in [9.17, 15) is 17.4 Å². The molecule has 0 bridgehead atoms. The Bertz CT molecular complexity index is 513. The summed E-state index contributed by atoms with van der Waals surface area (Å²) < 4.78 is 47.2. The van der Waals surface area contributed by atoms with Gasteiger partial charge in [-0.2, -0.15) is 8.42 Å². The standard InChI is InChI=1S/C24H49FO3S.C3H7N/c1-3-5-7-9-10-11-12-13-14-15-16-17-19-21-23-24(25,29(26,27)28)22-20-18-8-6-4-2;1-2-3-4/h3-23H2,1-2H3,(H,26,27,28);2H,1,3-4H2. The van der Waals surface area contributed by atoms with Gasteiger partial charge in [0, 0.05) is 6.54 Å². The van der Waals surface area contributed by atoms with Crippen molar-refractivity contribution in [1.29, 1.82) is 0 Å². The van der Waals surface area contributed by atoms with Crippen molar-refractivity contribution in [1.82, 2.24) is 0 Å². The van der Waals surface area contributed by atoms with E-state index in [2.05, 4.69) is 20.4 Å². The van der Waals surface area contributed by atoms with E-state index in [1.807, 2.05) is 0 Å². The Hall–Kier alpha value is -0.460. The van der Waals surface area contributed by atoms with Crippen molar-refractivity contribution in [3.8, 4) is 0 Å². The van der Waals surface area contributed by atoms with Gasteiger partial charge in [0.25, 0.3) is 10.1 Å². The third kappa shape index (κ3) is 23.1. The van der Waals surface area contributed by atoms with Gasteiger partial charge in [0.1, 0.15) is 0 Å². The third-order valence-corrected chi connectivity index (χ3v) is 7.52. The van der Waals surface area contributed by atoms with Crippen LogP contribution in [0, 0.1) is 0 Å². The van der Waals surface area contributed by atoms with Gasteiger partial charge in [0.15, 0.2) is 0 Å². The van der Waals surface area contributed by atoms with Gasteiger partial charge in [0.2, 0.25) is 5.00 Å². The van der Waals surface area contributed by atoms with Crippen molar-refractivity contribution < 1.29 is 17.4 Å². The zero-order valence-electron chi connectivity index (χ0n) is 22.0. The number of hydrogen-bond donors (Lipinski definition) is 2. The molecule has 3 N–H and O–H groups in total. The van der Waals surface area contributed by atoms with Gasteiger partial charge in [-0.05, 0) is 25.7 Å². The van der Waals surface area contributed by atoms with Crippen molar-refractivity contribution >= 4 is 10.1 Å². The summed E-state index contributed by atoms with van der Waals surface area (Å²) in [5, 5.41) is -2.45. The lowest BCUT2D eigenvalue weighted by atomic mass is 10.0. The van der Waals surface area contributed by atoms with Crippen LogP contribution in [0.4, 0.5) is 4.39 Å². The van der Waals surface area contributed by atoms with Gasteiger partial charge in [-0.3, -0.25) is 4.55 Å². The van der Waals surface area contributed by atoms with E-state index < -0.39 is 15.1 Å². The Labute approximate surface area is 206 Å². The molecular formula is C27H56FNO3S. The normalized spacial score (nSPS) is 13.2. The quantitative estimate of drug-likeness (QED) is 0.0845. The zero-order chi connectivity index (χ0) is 25.3. The second kappa shape index (κ2) is 24.7. The molecule has 0 saturated carbocycles. The molecule has 0 radical (unpaired) electrons. The number of halogens is 1. The molecule has 1 unspecified atom stereocenters. The molecule has 4 nitrogen and oxygen atoms in total. The van der Waals surface area contributed by atoms with Gasteiger partial charge in [-0.25, -0.2) is 4.39 Å². The minimum Gasteiger partial charge on any atom is -0.327 e. The van der Waals surface area contributed by atoms with Crippen molar-refractivity contribution in [2.45, 2.75) is 154 Å². The van der Waals surface area contributed by atoms with Crippen molar-refractivity contribution in [3.05, 3.63) is 12.7 Å². The molecule has 1 atom stereocenters. The number of unbranched alkanes of at least 4 members (excludes halogenated alkanes) is 17. The molecule has 0 spiro atoms. The topological polar surface area (TPSA) is 80.4 Å². The number of rotatable bonds is 23. The lowest BCUT2D eigenvalue weighted by Crippen LogP contribution is -2.33. The van der Waals surface area contributed by atoms with Gasteiger partial charge < -0.3 is 5.73 Å². The Kier molecular flexibility index (Phi) is 25.9. The van der Waals surface area contributed by atoms with Crippen LogP contribution in [0.5, 0.6) is 0 Å².